The number of rotatable bonds is 0. The first-order valence-electron chi connectivity index (χ1n) is 2.93. The molecule has 1 rings (SSSR count). The summed E-state index contributed by atoms with van der Waals surface area (Å²) in [4.78, 5) is 0. The molecule has 4 atom stereocenters. The molecule has 10 heavy (non-hydrogen) atoms. The zero-order valence-corrected chi connectivity index (χ0v) is 6.73. The number of halogens is 1. The summed E-state index contributed by atoms with van der Waals surface area (Å²) in [6.07, 6.45) is -3.15. The van der Waals surface area contributed by atoms with Crippen molar-refractivity contribution in [2.75, 3.05) is 6.61 Å². The quantitative estimate of drug-likeness (QED) is 0.443. The lowest BCUT2D eigenvalue weighted by molar-refractivity contribution is -0.159. The average molecular weight is 213 g/mol. The molecule has 0 radical (unpaired) electrons. The number of hydrogen-bond acceptors (Lipinski definition) is 4. The van der Waals surface area contributed by atoms with Crippen LogP contribution in [0.2, 0.25) is 0 Å². The largest absolute Gasteiger partial charge is 0.388 e. The second-order valence-corrected chi connectivity index (χ2v) is 3.14. The van der Waals surface area contributed by atoms with Crippen molar-refractivity contribution in [3.8, 4) is 0 Å². The van der Waals surface area contributed by atoms with Crippen molar-refractivity contribution in [1.82, 2.24) is 0 Å². The molecule has 1 fully saturated rings. The molecule has 4 nitrogen and oxygen atoms in total. The Bertz CT molecular complexity index is 106. The Kier molecular flexibility index (Phi) is 2.65. The van der Waals surface area contributed by atoms with Gasteiger partial charge in [-0.15, -0.1) is 0 Å². The third-order valence-electron chi connectivity index (χ3n) is 1.44. The fourth-order valence-electron chi connectivity index (χ4n) is 0.770. The predicted octanol–water partition coefficient (Wildman–Crippen LogP) is -1.18. The lowest BCUT2D eigenvalue weighted by Crippen LogP contribution is -2.50. The molecule has 0 aromatic heterocycles. The van der Waals surface area contributed by atoms with E-state index in [0.717, 1.165) is 0 Å². The van der Waals surface area contributed by atoms with E-state index in [1.165, 1.54) is 0 Å². The van der Waals surface area contributed by atoms with E-state index in [0.29, 0.717) is 0 Å². The number of aliphatic hydroxyl groups is 3. The highest BCUT2D eigenvalue weighted by Crippen LogP contribution is 2.19. The SMILES string of the molecule is O[C@@H]1[C@H](O)[C@H](Br)OC[C@H]1O. The zero-order chi connectivity index (χ0) is 7.72. The highest BCUT2D eigenvalue weighted by molar-refractivity contribution is 9.09. The molecule has 0 unspecified atom stereocenters. The Balaban J connectivity index is 2.52. The Morgan fingerprint density at radius 3 is 2.30 bits per heavy atom. The maximum atomic E-state index is 9.03. The van der Waals surface area contributed by atoms with E-state index in [1.54, 1.807) is 0 Å². The lowest BCUT2D eigenvalue weighted by atomic mass is 10.1. The summed E-state index contributed by atoms with van der Waals surface area (Å²) in [5.41, 5.74) is 0. The molecule has 60 valence electrons. The van der Waals surface area contributed by atoms with Crippen LogP contribution in [-0.2, 0) is 4.74 Å². The molecule has 0 aromatic carbocycles. The molecule has 1 aliphatic heterocycles. The van der Waals surface area contributed by atoms with Gasteiger partial charge in [0.05, 0.1) is 6.61 Å². The van der Waals surface area contributed by atoms with Crippen LogP contribution in [0, 0.1) is 0 Å². The molecule has 1 saturated heterocycles. The molecule has 3 N–H and O–H groups in total. The minimum atomic E-state index is -1.11. The van der Waals surface area contributed by atoms with Gasteiger partial charge in [0.1, 0.15) is 23.3 Å². The standard InChI is InChI=1S/C5H9BrO4/c6-5-4(9)3(8)2(7)1-10-5/h2-5,7-9H,1H2/t2-,3+,4+,5-/m1/s1. The molecule has 0 bridgehead atoms. The van der Waals surface area contributed by atoms with E-state index >= 15 is 0 Å². The van der Waals surface area contributed by atoms with Crippen molar-refractivity contribution in [2.24, 2.45) is 0 Å². The fourth-order valence-corrected chi connectivity index (χ4v) is 1.24. The van der Waals surface area contributed by atoms with Crippen molar-refractivity contribution in [1.29, 1.82) is 0 Å². The summed E-state index contributed by atoms with van der Waals surface area (Å²) in [6, 6.07) is 0. The summed E-state index contributed by atoms with van der Waals surface area (Å²) in [5.74, 6) is 0. The first kappa shape index (κ1) is 8.42. The van der Waals surface area contributed by atoms with Crippen LogP contribution >= 0.6 is 15.9 Å². The molecule has 1 heterocycles. The van der Waals surface area contributed by atoms with Gasteiger partial charge in [-0.25, -0.2) is 0 Å². The second kappa shape index (κ2) is 3.15. The van der Waals surface area contributed by atoms with E-state index in [4.69, 9.17) is 20.1 Å². The van der Waals surface area contributed by atoms with Crippen LogP contribution in [0.3, 0.4) is 0 Å². The molecule has 5 heteroatoms. The third kappa shape index (κ3) is 1.49. The molecule has 1 aliphatic rings. The van der Waals surface area contributed by atoms with E-state index in [-0.39, 0.29) is 6.61 Å². The number of ether oxygens (including phenoxy) is 1. The first-order valence-corrected chi connectivity index (χ1v) is 3.84. The highest BCUT2D eigenvalue weighted by Gasteiger charge is 2.35. The number of alkyl halides is 1. The van der Waals surface area contributed by atoms with Crippen molar-refractivity contribution < 1.29 is 20.1 Å². The van der Waals surface area contributed by atoms with E-state index in [2.05, 4.69) is 15.9 Å². The van der Waals surface area contributed by atoms with Gasteiger partial charge in [0.2, 0.25) is 0 Å². The van der Waals surface area contributed by atoms with E-state index < -0.39 is 23.3 Å². The minimum Gasteiger partial charge on any atom is -0.388 e. The summed E-state index contributed by atoms with van der Waals surface area (Å²) in [6.45, 7) is 0.0497. The normalized spacial score (nSPS) is 49.2. The van der Waals surface area contributed by atoms with Gasteiger partial charge in [0.15, 0.2) is 0 Å². The summed E-state index contributed by atoms with van der Waals surface area (Å²) >= 11 is 2.98. The average Bonchev–Trinajstić information content (AvgIpc) is 1.93. The highest BCUT2D eigenvalue weighted by atomic mass is 79.9. The Morgan fingerprint density at radius 2 is 1.80 bits per heavy atom. The van der Waals surface area contributed by atoms with Gasteiger partial charge in [0.25, 0.3) is 0 Å². The summed E-state index contributed by atoms with van der Waals surface area (Å²) < 4.78 is 4.83. The van der Waals surface area contributed by atoms with Crippen LogP contribution in [0.15, 0.2) is 0 Å². The van der Waals surface area contributed by atoms with E-state index in [1.807, 2.05) is 0 Å². The van der Waals surface area contributed by atoms with Crippen molar-refractivity contribution in [3.05, 3.63) is 0 Å². The van der Waals surface area contributed by atoms with Gasteiger partial charge in [0, 0.05) is 0 Å². The number of aliphatic hydroxyl groups excluding tert-OH is 3. The van der Waals surface area contributed by atoms with Crippen LogP contribution in [-0.4, -0.2) is 45.3 Å². The zero-order valence-electron chi connectivity index (χ0n) is 5.14. The van der Waals surface area contributed by atoms with Crippen LogP contribution in [0.4, 0.5) is 0 Å². The maximum absolute atomic E-state index is 9.03. The van der Waals surface area contributed by atoms with Crippen molar-refractivity contribution in [2.45, 2.75) is 23.3 Å². The first-order chi connectivity index (χ1) is 4.63. The van der Waals surface area contributed by atoms with Gasteiger partial charge in [-0.3, -0.25) is 0 Å². The van der Waals surface area contributed by atoms with Crippen LogP contribution in [0.1, 0.15) is 0 Å². The summed E-state index contributed by atoms with van der Waals surface area (Å²) in [5, 5.41) is 26.4. The van der Waals surface area contributed by atoms with Crippen LogP contribution in [0.5, 0.6) is 0 Å². The lowest BCUT2D eigenvalue weighted by Gasteiger charge is -2.31. The van der Waals surface area contributed by atoms with Crippen molar-refractivity contribution in [3.63, 3.8) is 0 Å². The second-order valence-electron chi connectivity index (χ2n) is 2.23. The van der Waals surface area contributed by atoms with Gasteiger partial charge in [-0.05, 0) is 0 Å². The predicted molar refractivity (Wildman–Crippen MR) is 36.7 cm³/mol. The van der Waals surface area contributed by atoms with E-state index in [9.17, 15) is 0 Å². The topological polar surface area (TPSA) is 69.9 Å². The molecular weight excluding hydrogens is 204 g/mol. The molecular formula is C5H9BrO4. The fraction of sp³-hybridized carbons (Fsp3) is 1.00. The van der Waals surface area contributed by atoms with Crippen molar-refractivity contribution >= 4 is 15.9 Å². The Hall–Kier alpha value is 0.320. The number of hydrogen-bond donors (Lipinski definition) is 3. The molecule has 0 spiro atoms. The molecule has 0 aliphatic carbocycles. The van der Waals surface area contributed by atoms with Gasteiger partial charge < -0.3 is 20.1 Å². The van der Waals surface area contributed by atoms with Gasteiger partial charge >= 0.3 is 0 Å². The Morgan fingerprint density at radius 1 is 1.20 bits per heavy atom. The van der Waals surface area contributed by atoms with Crippen LogP contribution in [0.25, 0.3) is 0 Å². The maximum Gasteiger partial charge on any atom is 0.141 e. The smallest absolute Gasteiger partial charge is 0.141 e. The molecule has 0 amide bonds. The minimum absolute atomic E-state index is 0.0497. The van der Waals surface area contributed by atoms with Crippen LogP contribution < -0.4 is 0 Å². The van der Waals surface area contributed by atoms with Gasteiger partial charge in [-0.2, -0.15) is 0 Å². The Labute approximate surface area is 66.6 Å². The van der Waals surface area contributed by atoms with Gasteiger partial charge in [-0.1, -0.05) is 15.9 Å². The monoisotopic (exact) mass is 212 g/mol. The summed E-state index contributed by atoms with van der Waals surface area (Å²) in [7, 11) is 0. The molecule has 0 saturated carbocycles. The third-order valence-corrected chi connectivity index (χ3v) is 2.24. The molecule has 0 aromatic rings.